The van der Waals surface area contributed by atoms with Gasteiger partial charge in [0.2, 0.25) is 0 Å². The van der Waals surface area contributed by atoms with Crippen LogP contribution < -0.4 is 0 Å². The Morgan fingerprint density at radius 2 is 1.86 bits per heavy atom. The van der Waals surface area contributed by atoms with Crippen LogP contribution in [0, 0.1) is 28.4 Å². The molecule has 0 saturated carbocycles. The second-order valence-electron chi connectivity index (χ2n) is 8.61. The summed E-state index contributed by atoms with van der Waals surface area (Å²) >= 11 is 4.28. The molecule has 1 aliphatic carbocycles. The number of ether oxygens (including phenoxy) is 2. The first-order chi connectivity index (χ1) is 16.9. The van der Waals surface area contributed by atoms with Gasteiger partial charge < -0.3 is 24.3 Å². The molecule has 0 spiro atoms. The van der Waals surface area contributed by atoms with Crippen molar-refractivity contribution in [2.75, 3.05) is 14.2 Å². The number of nitro groups is 1. The summed E-state index contributed by atoms with van der Waals surface area (Å²) in [6.45, 7) is 4.81. The van der Waals surface area contributed by atoms with Crippen LogP contribution in [0.2, 0.25) is 0 Å². The first kappa shape index (κ1) is 25.9. The van der Waals surface area contributed by atoms with Crippen molar-refractivity contribution in [3.05, 3.63) is 53.1 Å². The molecule has 2 heterocycles. The molecule has 2 aliphatic heterocycles. The predicted octanol–water partition coefficient (Wildman–Crippen LogP) is 3.15. The molecule has 36 heavy (non-hydrogen) atoms. The topological polar surface area (TPSA) is 153 Å². The highest BCUT2D eigenvalue weighted by Crippen LogP contribution is 2.61. The van der Waals surface area contributed by atoms with Crippen LogP contribution in [-0.4, -0.2) is 58.5 Å². The lowest BCUT2D eigenvalue weighted by atomic mass is 9.58. The molecule has 11 nitrogen and oxygen atoms in total. The molecule has 0 amide bonds. The van der Waals surface area contributed by atoms with Gasteiger partial charge in [0, 0.05) is 27.6 Å². The minimum absolute atomic E-state index is 0.0444. The molecule has 2 unspecified atom stereocenters. The maximum atomic E-state index is 14.2. The van der Waals surface area contributed by atoms with Gasteiger partial charge in [-0.1, -0.05) is 0 Å². The molecule has 190 valence electrons. The number of aldehydes is 1. The third-order valence-electron chi connectivity index (χ3n) is 7.13. The Kier molecular flexibility index (Phi) is 6.28. The standard InChI is InChI=1S/C23H21BrN2O9S/c1-8-15(24)18(28)13-11(16(8)26(32)33)6-12-14(20(30)34-4)17(21(31)35-5)25-9(2)10(3)36-22(25)23(12,7-27)19(13)29/h7,12,22,28H,6H2,1-5H3/t12-,22?,23?/m1/s1. The van der Waals surface area contributed by atoms with E-state index < -0.39 is 50.8 Å². The number of hydrogen-bond donors (Lipinski definition) is 1. The second-order valence-corrected chi connectivity index (χ2v) is 10.7. The Morgan fingerprint density at radius 1 is 1.25 bits per heavy atom. The number of carbonyl (C=O) groups is 4. The maximum Gasteiger partial charge on any atom is 0.355 e. The number of nitro benzene ring substituents is 1. The van der Waals surface area contributed by atoms with Crippen LogP contribution in [0.3, 0.4) is 0 Å². The zero-order valence-corrected chi connectivity index (χ0v) is 22.2. The molecular formula is C23H21BrN2O9S. The molecule has 4 rings (SSSR count). The van der Waals surface area contributed by atoms with Crippen molar-refractivity contribution in [3.63, 3.8) is 0 Å². The highest BCUT2D eigenvalue weighted by Gasteiger charge is 2.66. The van der Waals surface area contributed by atoms with Gasteiger partial charge in [0.05, 0.1) is 34.8 Å². The van der Waals surface area contributed by atoms with Crippen LogP contribution in [0.15, 0.2) is 26.3 Å². The number of ketones is 1. The summed E-state index contributed by atoms with van der Waals surface area (Å²) in [6.07, 6.45) is 0.0568. The number of allylic oxidation sites excluding steroid dienone is 2. The van der Waals surface area contributed by atoms with Gasteiger partial charge in [0.15, 0.2) is 5.78 Å². The van der Waals surface area contributed by atoms with Crippen LogP contribution in [0.25, 0.3) is 0 Å². The van der Waals surface area contributed by atoms with Gasteiger partial charge in [0.25, 0.3) is 5.69 Å². The summed E-state index contributed by atoms with van der Waals surface area (Å²) in [7, 11) is 2.21. The quantitative estimate of drug-likeness (QED) is 0.183. The average molecular weight is 581 g/mol. The third kappa shape index (κ3) is 3.11. The van der Waals surface area contributed by atoms with E-state index in [0.29, 0.717) is 16.9 Å². The Bertz CT molecular complexity index is 1350. The Hall–Kier alpha value is -3.19. The van der Waals surface area contributed by atoms with Crippen LogP contribution in [0.4, 0.5) is 5.69 Å². The molecule has 0 bridgehead atoms. The lowest BCUT2D eigenvalue weighted by Gasteiger charge is -2.50. The SMILES string of the molecule is COC(=O)C1=C(C(=O)OC)N2C(C)=C(C)SC2C2(C=O)C(=O)c3c(O)c(Br)c(C)c([N+](=O)[O-])c3C[C@H]12. The van der Waals surface area contributed by atoms with E-state index in [1.54, 1.807) is 13.8 Å². The van der Waals surface area contributed by atoms with E-state index in [0.717, 1.165) is 26.0 Å². The molecule has 3 atom stereocenters. The number of phenols is 1. The lowest BCUT2D eigenvalue weighted by Crippen LogP contribution is -2.61. The van der Waals surface area contributed by atoms with Gasteiger partial charge in [-0.15, -0.1) is 11.8 Å². The Morgan fingerprint density at radius 3 is 2.39 bits per heavy atom. The summed E-state index contributed by atoms with van der Waals surface area (Å²) in [5, 5.41) is 22.0. The number of Topliss-reactive ketones (excluding diaryl/α,β-unsaturated/α-hetero) is 1. The number of halogens is 1. The monoisotopic (exact) mass is 580 g/mol. The summed E-state index contributed by atoms with van der Waals surface area (Å²) < 4.78 is 9.87. The molecule has 1 aromatic rings. The fraction of sp³-hybridized carbons (Fsp3) is 0.391. The fourth-order valence-electron chi connectivity index (χ4n) is 5.33. The van der Waals surface area contributed by atoms with Gasteiger partial charge in [0.1, 0.15) is 28.5 Å². The number of rotatable bonds is 4. The number of aromatic hydroxyl groups is 1. The van der Waals surface area contributed by atoms with Crippen LogP contribution >= 0.6 is 27.7 Å². The van der Waals surface area contributed by atoms with Crippen LogP contribution in [0.5, 0.6) is 5.75 Å². The molecule has 1 aromatic carbocycles. The number of carbonyl (C=O) groups excluding carboxylic acids is 4. The second kappa shape index (κ2) is 8.73. The molecular weight excluding hydrogens is 560 g/mol. The van der Waals surface area contributed by atoms with E-state index >= 15 is 0 Å². The number of esters is 2. The van der Waals surface area contributed by atoms with E-state index in [4.69, 9.17) is 9.47 Å². The fourth-order valence-corrected chi connectivity index (χ4v) is 7.21. The van der Waals surface area contributed by atoms with Gasteiger partial charge >= 0.3 is 11.9 Å². The number of fused-ring (bicyclic) bond motifs is 4. The van der Waals surface area contributed by atoms with Crippen molar-refractivity contribution < 1.29 is 38.7 Å². The van der Waals surface area contributed by atoms with Crippen LogP contribution in [0.1, 0.15) is 35.3 Å². The van der Waals surface area contributed by atoms with Crippen molar-refractivity contribution >= 4 is 57.4 Å². The zero-order chi connectivity index (χ0) is 26.9. The normalized spacial score (nSPS) is 24.7. The number of nitrogens with zero attached hydrogens (tertiary/aromatic N) is 2. The largest absolute Gasteiger partial charge is 0.506 e. The summed E-state index contributed by atoms with van der Waals surface area (Å²) in [6, 6.07) is 0. The summed E-state index contributed by atoms with van der Waals surface area (Å²) in [5.41, 5.74) is -2.82. The zero-order valence-electron chi connectivity index (χ0n) is 19.8. The first-order valence-electron chi connectivity index (χ1n) is 10.6. The molecule has 0 aromatic heterocycles. The third-order valence-corrected chi connectivity index (χ3v) is 9.57. The highest BCUT2D eigenvalue weighted by atomic mass is 79.9. The van der Waals surface area contributed by atoms with Gasteiger partial charge in [-0.05, 0) is 43.1 Å². The molecule has 0 saturated heterocycles. The number of benzene rings is 1. The summed E-state index contributed by atoms with van der Waals surface area (Å²) in [5.74, 6) is -4.60. The maximum absolute atomic E-state index is 14.2. The Balaban J connectivity index is 2.18. The van der Waals surface area contributed by atoms with Crippen LogP contribution in [-0.2, 0) is 30.3 Å². The predicted molar refractivity (Wildman–Crippen MR) is 130 cm³/mol. The van der Waals surface area contributed by atoms with E-state index in [9.17, 15) is 34.4 Å². The Labute approximate surface area is 217 Å². The molecule has 0 fully saturated rings. The van der Waals surface area contributed by atoms with Crippen molar-refractivity contribution in [3.8, 4) is 5.75 Å². The molecule has 13 heteroatoms. The van der Waals surface area contributed by atoms with E-state index in [-0.39, 0.29) is 38.9 Å². The van der Waals surface area contributed by atoms with Gasteiger partial charge in [-0.25, -0.2) is 9.59 Å². The van der Waals surface area contributed by atoms with Crippen molar-refractivity contribution in [1.29, 1.82) is 0 Å². The number of phenolic OH excluding ortho intramolecular Hbond substituents is 1. The van der Waals surface area contributed by atoms with Crippen molar-refractivity contribution in [1.82, 2.24) is 4.90 Å². The molecule has 1 N–H and O–H groups in total. The van der Waals surface area contributed by atoms with E-state index in [2.05, 4.69) is 15.9 Å². The molecule has 0 radical (unpaired) electrons. The number of methoxy groups -OCH3 is 2. The summed E-state index contributed by atoms with van der Waals surface area (Å²) in [4.78, 5) is 66.9. The highest BCUT2D eigenvalue weighted by molar-refractivity contribution is 9.10. The lowest BCUT2D eigenvalue weighted by molar-refractivity contribution is -0.386. The smallest absolute Gasteiger partial charge is 0.355 e. The minimum Gasteiger partial charge on any atom is -0.506 e. The average Bonchev–Trinajstić information content (AvgIpc) is 3.14. The molecule has 3 aliphatic rings. The minimum atomic E-state index is -1.99. The van der Waals surface area contributed by atoms with Crippen molar-refractivity contribution in [2.45, 2.75) is 32.6 Å². The van der Waals surface area contributed by atoms with Gasteiger partial charge in [-0.3, -0.25) is 14.9 Å². The van der Waals surface area contributed by atoms with E-state index in [1.807, 2.05) is 0 Å². The van der Waals surface area contributed by atoms with Crippen molar-refractivity contribution in [2.24, 2.45) is 11.3 Å². The number of thioether (sulfide) groups is 1. The number of hydrogen-bond acceptors (Lipinski definition) is 11. The van der Waals surface area contributed by atoms with Gasteiger partial charge in [-0.2, -0.15) is 0 Å². The van der Waals surface area contributed by atoms with E-state index in [1.165, 1.54) is 11.8 Å². The first-order valence-corrected chi connectivity index (χ1v) is 12.3.